The monoisotopic (exact) mass is 253 g/mol. The van der Waals surface area contributed by atoms with Crippen molar-refractivity contribution >= 4 is 5.91 Å². The first-order valence-corrected chi connectivity index (χ1v) is 6.57. The first-order valence-electron chi connectivity index (χ1n) is 6.57. The van der Waals surface area contributed by atoms with Crippen LogP contribution in [-0.4, -0.2) is 23.2 Å². The van der Waals surface area contributed by atoms with Crippen molar-refractivity contribution in [1.82, 2.24) is 5.32 Å². The van der Waals surface area contributed by atoms with E-state index in [2.05, 4.69) is 5.32 Å². The molecular formula is C14H23NO3. The zero-order valence-corrected chi connectivity index (χ0v) is 11.5. The van der Waals surface area contributed by atoms with Crippen LogP contribution in [0, 0.1) is 6.92 Å². The van der Waals surface area contributed by atoms with Crippen molar-refractivity contribution in [2.75, 3.05) is 6.54 Å². The average Bonchev–Trinajstić information content (AvgIpc) is 2.73. The Morgan fingerprint density at radius 2 is 2.00 bits per heavy atom. The maximum Gasteiger partial charge on any atom is 0.254 e. The highest BCUT2D eigenvalue weighted by molar-refractivity contribution is 5.95. The minimum absolute atomic E-state index is 0.188. The Morgan fingerprint density at radius 3 is 2.44 bits per heavy atom. The van der Waals surface area contributed by atoms with E-state index in [4.69, 9.17) is 4.42 Å². The van der Waals surface area contributed by atoms with Gasteiger partial charge in [0.2, 0.25) is 0 Å². The number of aryl methyl sites for hydroxylation is 1. The molecule has 0 aromatic carbocycles. The Balaban J connectivity index is 2.57. The highest BCUT2D eigenvalue weighted by Crippen LogP contribution is 2.19. The molecule has 0 spiro atoms. The molecular weight excluding hydrogens is 230 g/mol. The van der Waals surface area contributed by atoms with Crippen LogP contribution in [0.3, 0.4) is 0 Å². The van der Waals surface area contributed by atoms with Crippen LogP contribution in [0.15, 0.2) is 16.7 Å². The van der Waals surface area contributed by atoms with Crippen LogP contribution < -0.4 is 5.32 Å². The van der Waals surface area contributed by atoms with Gasteiger partial charge in [0.25, 0.3) is 5.91 Å². The second-order valence-corrected chi connectivity index (χ2v) is 4.80. The fourth-order valence-electron chi connectivity index (χ4n) is 2.19. The lowest BCUT2D eigenvalue weighted by atomic mass is 9.92. The Labute approximate surface area is 108 Å². The van der Waals surface area contributed by atoms with Gasteiger partial charge >= 0.3 is 0 Å². The summed E-state index contributed by atoms with van der Waals surface area (Å²) in [7, 11) is 0. The Kier molecular flexibility index (Phi) is 5.41. The quantitative estimate of drug-likeness (QED) is 0.785. The largest absolute Gasteiger partial charge is 0.469 e. The van der Waals surface area contributed by atoms with Crippen LogP contribution >= 0.6 is 0 Å². The van der Waals surface area contributed by atoms with Crippen molar-refractivity contribution in [2.45, 2.75) is 52.1 Å². The van der Waals surface area contributed by atoms with Gasteiger partial charge in [-0.2, -0.15) is 0 Å². The summed E-state index contributed by atoms with van der Waals surface area (Å²) < 4.78 is 5.09. The molecule has 1 heterocycles. The van der Waals surface area contributed by atoms with Gasteiger partial charge in [-0.1, -0.05) is 26.7 Å². The molecule has 0 bridgehead atoms. The molecule has 1 aromatic rings. The number of amides is 1. The minimum Gasteiger partial charge on any atom is -0.469 e. The van der Waals surface area contributed by atoms with E-state index in [1.807, 2.05) is 13.8 Å². The number of carbonyl (C=O) groups is 1. The number of furan rings is 1. The van der Waals surface area contributed by atoms with Gasteiger partial charge in [0, 0.05) is 6.54 Å². The van der Waals surface area contributed by atoms with Crippen LogP contribution in [-0.2, 0) is 0 Å². The van der Waals surface area contributed by atoms with Crippen molar-refractivity contribution in [3.63, 3.8) is 0 Å². The highest BCUT2D eigenvalue weighted by atomic mass is 16.3. The number of carbonyl (C=O) groups excluding carboxylic acids is 1. The van der Waals surface area contributed by atoms with Gasteiger partial charge in [0.1, 0.15) is 5.76 Å². The Hall–Kier alpha value is -1.29. The minimum atomic E-state index is -0.795. The number of hydrogen-bond acceptors (Lipinski definition) is 3. The van der Waals surface area contributed by atoms with Gasteiger partial charge in [-0.3, -0.25) is 4.79 Å². The number of aliphatic hydroxyl groups is 1. The summed E-state index contributed by atoms with van der Waals surface area (Å²) in [6.07, 6.45) is 4.69. The maximum atomic E-state index is 11.9. The fourth-order valence-corrected chi connectivity index (χ4v) is 2.19. The third-order valence-electron chi connectivity index (χ3n) is 3.11. The first-order chi connectivity index (χ1) is 8.52. The van der Waals surface area contributed by atoms with Crippen LogP contribution in [0.25, 0.3) is 0 Å². The van der Waals surface area contributed by atoms with E-state index in [1.54, 1.807) is 13.0 Å². The predicted molar refractivity (Wildman–Crippen MR) is 70.5 cm³/mol. The lowest BCUT2D eigenvalue weighted by Gasteiger charge is -2.27. The summed E-state index contributed by atoms with van der Waals surface area (Å²) in [5.74, 6) is 0.411. The molecule has 0 aliphatic heterocycles. The number of rotatable bonds is 7. The smallest absolute Gasteiger partial charge is 0.254 e. The van der Waals surface area contributed by atoms with Crippen molar-refractivity contribution in [3.8, 4) is 0 Å². The van der Waals surface area contributed by atoms with Crippen molar-refractivity contribution < 1.29 is 14.3 Å². The summed E-state index contributed by atoms with van der Waals surface area (Å²) in [6.45, 7) is 6.10. The zero-order valence-electron chi connectivity index (χ0n) is 11.5. The zero-order chi connectivity index (χ0) is 13.6. The lowest BCUT2D eigenvalue weighted by molar-refractivity contribution is 0.0213. The third-order valence-corrected chi connectivity index (χ3v) is 3.11. The van der Waals surface area contributed by atoms with Crippen molar-refractivity contribution in [1.29, 1.82) is 0 Å². The van der Waals surface area contributed by atoms with Gasteiger partial charge in [-0.05, 0) is 25.8 Å². The average molecular weight is 253 g/mol. The molecule has 0 aliphatic rings. The van der Waals surface area contributed by atoms with E-state index < -0.39 is 5.60 Å². The summed E-state index contributed by atoms with van der Waals surface area (Å²) in [6, 6.07) is 1.64. The molecule has 0 aliphatic carbocycles. The van der Waals surface area contributed by atoms with Crippen LogP contribution in [0.1, 0.15) is 55.6 Å². The van der Waals surface area contributed by atoms with E-state index in [9.17, 15) is 9.90 Å². The molecule has 18 heavy (non-hydrogen) atoms. The molecule has 1 aromatic heterocycles. The van der Waals surface area contributed by atoms with Crippen molar-refractivity contribution in [2.24, 2.45) is 0 Å². The van der Waals surface area contributed by atoms with Gasteiger partial charge < -0.3 is 14.8 Å². The molecule has 1 rings (SSSR count). The molecule has 0 fully saturated rings. The lowest BCUT2D eigenvalue weighted by Crippen LogP contribution is -2.42. The first kappa shape index (κ1) is 14.8. The van der Waals surface area contributed by atoms with Gasteiger partial charge in [-0.15, -0.1) is 0 Å². The van der Waals surface area contributed by atoms with Crippen LogP contribution in [0.4, 0.5) is 0 Å². The maximum absolute atomic E-state index is 11.9. The molecule has 0 saturated carbocycles. The second-order valence-electron chi connectivity index (χ2n) is 4.80. The molecule has 0 saturated heterocycles. The molecule has 0 unspecified atom stereocenters. The standard InChI is InChI=1S/C14H23NO3/c1-4-7-14(17,8-5-2)10-15-13(16)12-6-9-18-11(12)3/h6,9,17H,4-5,7-8,10H2,1-3H3,(H,15,16). The van der Waals surface area contributed by atoms with Crippen molar-refractivity contribution in [3.05, 3.63) is 23.7 Å². The normalized spacial score (nSPS) is 11.6. The van der Waals surface area contributed by atoms with Gasteiger partial charge in [-0.25, -0.2) is 0 Å². The molecule has 2 N–H and O–H groups in total. The summed E-state index contributed by atoms with van der Waals surface area (Å²) in [5, 5.41) is 13.2. The molecule has 102 valence electrons. The fraction of sp³-hybridized carbons (Fsp3) is 0.643. The van der Waals surface area contributed by atoms with E-state index in [0.29, 0.717) is 24.2 Å². The second kappa shape index (κ2) is 6.59. The van der Waals surface area contributed by atoms with Crippen LogP contribution in [0.5, 0.6) is 0 Å². The molecule has 4 nitrogen and oxygen atoms in total. The Bertz CT molecular complexity index is 378. The van der Waals surface area contributed by atoms with E-state index in [0.717, 1.165) is 12.8 Å². The Morgan fingerprint density at radius 1 is 1.39 bits per heavy atom. The molecule has 0 radical (unpaired) electrons. The van der Waals surface area contributed by atoms with E-state index in [-0.39, 0.29) is 12.5 Å². The highest BCUT2D eigenvalue weighted by Gasteiger charge is 2.26. The number of hydrogen-bond donors (Lipinski definition) is 2. The van der Waals surface area contributed by atoms with Crippen LogP contribution in [0.2, 0.25) is 0 Å². The van der Waals surface area contributed by atoms with E-state index >= 15 is 0 Å². The SMILES string of the molecule is CCCC(O)(CCC)CNC(=O)c1ccoc1C. The predicted octanol–water partition coefficient (Wildman–Crippen LogP) is 2.65. The topological polar surface area (TPSA) is 62.5 Å². The molecule has 0 atom stereocenters. The van der Waals surface area contributed by atoms with Gasteiger partial charge in [0.15, 0.2) is 0 Å². The number of nitrogens with one attached hydrogen (secondary N) is 1. The molecule has 4 heteroatoms. The van der Waals surface area contributed by atoms with Gasteiger partial charge in [0.05, 0.1) is 17.4 Å². The summed E-state index contributed by atoms with van der Waals surface area (Å²) in [5.41, 5.74) is -0.262. The van der Waals surface area contributed by atoms with E-state index in [1.165, 1.54) is 6.26 Å². The molecule has 1 amide bonds. The third kappa shape index (κ3) is 3.88. The summed E-state index contributed by atoms with van der Waals surface area (Å²) in [4.78, 5) is 11.9. The summed E-state index contributed by atoms with van der Waals surface area (Å²) >= 11 is 0.